The minimum absolute atomic E-state index is 0.145. The molecule has 31 heavy (non-hydrogen) atoms. The number of carbonyl (C=O) groups is 1. The number of primary amides is 1. The second-order valence-electron chi connectivity index (χ2n) is 6.88. The first-order valence-corrected chi connectivity index (χ1v) is 9.16. The highest BCUT2D eigenvalue weighted by atomic mass is 19.4. The number of amides is 1. The summed E-state index contributed by atoms with van der Waals surface area (Å²) in [6.07, 6.45) is -2.99. The van der Waals surface area contributed by atoms with Gasteiger partial charge in [0.2, 0.25) is 0 Å². The van der Waals surface area contributed by atoms with E-state index < -0.39 is 28.9 Å². The van der Waals surface area contributed by atoms with E-state index >= 15 is 0 Å². The Kier molecular flexibility index (Phi) is 5.02. The van der Waals surface area contributed by atoms with E-state index in [2.05, 4.69) is 4.98 Å². The average Bonchev–Trinajstić information content (AvgIpc) is 3.19. The molecular formula is C22H16F3N3O3. The fourth-order valence-corrected chi connectivity index (χ4v) is 3.25. The Morgan fingerprint density at radius 2 is 1.77 bits per heavy atom. The summed E-state index contributed by atoms with van der Waals surface area (Å²) in [5.41, 5.74) is 3.79. The zero-order chi connectivity index (χ0) is 22.2. The van der Waals surface area contributed by atoms with Crippen molar-refractivity contribution in [3.63, 3.8) is 0 Å². The molecule has 1 amide bonds. The van der Waals surface area contributed by atoms with Gasteiger partial charge in [-0.25, -0.2) is 0 Å². The van der Waals surface area contributed by atoms with Crippen molar-refractivity contribution in [2.45, 2.75) is 12.8 Å². The van der Waals surface area contributed by atoms with Crippen LogP contribution in [0.3, 0.4) is 0 Å². The topological polar surface area (TPSA) is 101 Å². The lowest BCUT2D eigenvalue weighted by molar-refractivity contribution is -0.140. The van der Waals surface area contributed by atoms with Crippen LogP contribution in [0.2, 0.25) is 0 Å². The zero-order valence-electron chi connectivity index (χ0n) is 15.9. The van der Waals surface area contributed by atoms with Crippen molar-refractivity contribution in [2.24, 2.45) is 5.73 Å². The Balaban J connectivity index is 1.60. The van der Waals surface area contributed by atoms with E-state index in [-0.39, 0.29) is 17.7 Å². The third kappa shape index (κ3) is 4.16. The molecule has 0 radical (unpaired) electrons. The molecule has 158 valence electrons. The fraction of sp³-hybridized carbons (Fsp3) is 0.0909. The summed E-state index contributed by atoms with van der Waals surface area (Å²) in [5.74, 6) is -0.668. The number of hydrogen-bond donors (Lipinski definition) is 3. The Bertz CT molecular complexity index is 1320. The molecule has 0 aliphatic carbocycles. The van der Waals surface area contributed by atoms with Gasteiger partial charge in [-0.1, -0.05) is 24.3 Å². The molecule has 4 aromatic rings. The van der Waals surface area contributed by atoms with Crippen molar-refractivity contribution in [1.29, 1.82) is 0 Å². The summed E-state index contributed by atoms with van der Waals surface area (Å²) in [7, 11) is 0. The number of pyridine rings is 1. The van der Waals surface area contributed by atoms with Gasteiger partial charge in [0.1, 0.15) is 23.6 Å². The Hall–Kier alpha value is -4.01. The summed E-state index contributed by atoms with van der Waals surface area (Å²) in [5, 5.41) is 1.07. The van der Waals surface area contributed by atoms with E-state index in [9.17, 15) is 22.8 Å². The van der Waals surface area contributed by atoms with Crippen molar-refractivity contribution < 1.29 is 22.7 Å². The number of nitrogens with two attached hydrogens (primary N) is 1. The smallest absolute Gasteiger partial charge is 0.431 e. The van der Waals surface area contributed by atoms with Crippen molar-refractivity contribution in [3.8, 4) is 16.9 Å². The maximum atomic E-state index is 13.4. The largest absolute Gasteiger partial charge is 0.489 e. The van der Waals surface area contributed by atoms with Crippen molar-refractivity contribution in [3.05, 3.63) is 88.0 Å². The standard InChI is InChI=1S/C22H16F3N3O3/c23-22(24,25)19-16(10-17(20(26)29)21(30)28-19)13-3-5-15(6-4-13)31-11-12-1-2-14-7-8-27-18(14)9-12/h1-10,27H,11H2,(H2,26,29)(H,28,30). The first kappa shape index (κ1) is 20.3. The Morgan fingerprint density at radius 1 is 1.03 bits per heavy atom. The molecule has 0 fully saturated rings. The third-order valence-electron chi connectivity index (χ3n) is 4.78. The molecule has 0 saturated heterocycles. The molecule has 0 aliphatic rings. The number of H-pyrrole nitrogens is 2. The number of benzene rings is 2. The molecule has 6 nitrogen and oxygen atoms in total. The first-order chi connectivity index (χ1) is 14.7. The molecule has 2 aromatic carbocycles. The number of nitrogens with one attached hydrogen (secondary N) is 2. The van der Waals surface area contributed by atoms with Gasteiger partial charge >= 0.3 is 6.18 Å². The molecule has 0 unspecified atom stereocenters. The normalized spacial score (nSPS) is 11.6. The number of aromatic nitrogens is 2. The highest BCUT2D eigenvalue weighted by Crippen LogP contribution is 2.35. The summed E-state index contributed by atoms with van der Waals surface area (Å²) >= 11 is 0. The van der Waals surface area contributed by atoms with Gasteiger partial charge in [0, 0.05) is 17.3 Å². The highest BCUT2D eigenvalue weighted by molar-refractivity contribution is 5.94. The number of hydrogen-bond acceptors (Lipinski definition) is 3. The van der Waals surface area contributed by atoms with Gasteiger partial charge in [0.05, 0.1) is 0 Å². The van der Waals surface area contributed by atoms with Crippen LogP contribution in [0.1, 0.15) is 21.6 Å². The number of carbonyl (C=O) groups excluding carboxylic acids is 1. The van der Waals surface area contributed by atoms with Gasteiger partial charge in [-0.3, -0.25) is 9.59 Å². The summed E-state index contributed by atoms with van der Waals surface area (Å²) in [4.78, 5) is 28.0. The Labute approximate surface area is 173 Å². The molecule has 9 heteroatoms. The van der Waals surface area contributed by atoms with Crippen LogP contribution in [0.25, 0.3) is 22.0 Å². The molecule has 0 spiro atoms. The van der Waals surface area contributed by atoms with E-state index in [1.807, 2.05) is 30.5 Å². The summed E-state index contributed by atoms with van der Waals surface area (Å²) in [6.45, 7) is 0.270. The lowest BCUT2D eigenvalue weighted by atomic mass is 10.0. The predicted octanol–water partition coefficient (Wildman–Crippen LogP) is 4.22. The van der Waals surface area contributed by atoms with Crippen LogP contribution < -0.4 is 16.0 Å². The van der Waals surface area contributed by atoms with Crippen molar-refractivity contribution in [2.75, 3.05) is 0 Å². The second-order valence-corrected chi connectivity index (χ2v) is 6.88. The maximum absolute atomic E-state index is 13.4. The van der Waals surface area contributed by atoms with Crippen LogP contribution in [-0.4, -0.2) is 15.9 Å². The van der Waals surface area contributed by atoms with E-state index in [0.717, 1.165) is 22.5 Å². The predicted molar refractivity (Wildman–Crippen MR) is 109 cm³/mol. The van der Waals surface area contributed by atoms with Gasteiger partial charge in [0.25, 0.3) is 11.5 Å². The molecule has 4 rings (SSSR count). The maximum Gasteiger partial charge on any atom is 0.431 e. The van der Waals surface area contributed by atoms with Crippen LogP contribution in [0.5, 0.6) is 5.75 Å². The van der Waals surface area contributed by atoms with Gasteiger partial charge < -0.3 is 20.4 Å². The van der Waals surface area contributed by atoms with E-state index in [1.54, 1.807) is 4.98 Å². The molecular weight excluding hydrogens is 411 g/mol. The lowest BCUT2D eigenvalue weighted by Gasteiger charge is -2.14. The van der Waals surface area contributed by atoms with Crippen LogP contribution in [0.4, 0.5) is 13.2 Å². The van der Waals surface area contributed by atoms with E-state index in [0.29, 0.717) is 5.75 Å². The number of ether oxygens (including phenoxy) is 1. The quantitative estimate of drug-likeness (QED) is 0.445. The Morgan fingerprint density at radius 3 is 2.45 bits per heavy atom. The van der Waals surface area contributed by atoms with E-state index in [1.165, 1.54) is 24.3 Å². The molecule has 2 aromatic heterocycles. The summed E-state index contributed by atoms with van der Waals surface area (Å²) in [6, 6.07) is 14.5. The minimum atomic E-state index is -4.82. The minimum Gasteiger partial charge on any atom is -0.489 e. The van der Waals surface area contributed by atoms with Crippen LogP contribution in [0, 0.1) is 0 Å². The first-order valence-electron chi connectivity index (χ1n) is 9.16. The number of fused-ring (bicyclic) bond motifs is 1. The van der Waals surface area contributed by atoms with Crippen molar-refractivity contribution >= 4 is 16.8 Å². The number of halogens is 3. The molecule has 0 atom stereocenters. The van der Waals surface area contributed by atoms with Crippen molar-refractivity contribution in [1.82, 2.24) is 9.97 Å². The van der Waals surface area contributed by atoms with Gasteiger partial charge in [-0.05, 0) is 46.8 Å². The lowest BCUT2D eigenvalue weighted by Crippen LogP contribution is -2.27. The number of aromatic amines is 2. The molecule has 4 N–H and O–H groups in total. The van der Waals surface area contributed by atoms with Gasteiger partial charge in [-0.15, -0.1) is 0 Å². The van der Waals surface area contributed by atoms with Crippen LogP contribution in [-0.2, 0) is 12.8 Å². The molecule has 2 heterocycles. The summed E-state index contributed by atoms with van der Waals surface area (Å²) < 4.78 is 45.9. The molecule has 0 bridgehead atoms. The van der Waals surface area contributed by atoms with E-state index in [4.69, 9.17) is 10.5 Å². The molecule has 0 aliphatic heterocycles. The monoisotopic (exact) mass is 427 g/mol. The second kappa shape index (κ2) is 7.67. The van der Waals surface area contributed by atoms with Crippen LogP contribution in [0.15, 0.2) is 65.6 Å². The number of rotatable bonds is 5. The van der Waals surface area contributed by atoms with Gasteiger partial charge in [0.15, 0.2) is 0 Å². The van der Waals surface area contributed by atoms with Crippen LogP contribution >= 0.6 is 0 Å². The SMILES string of the molecule is NC(=O)c1cc(-c2ccc(OCc3ccc4cc[nH]c4c3)cc2)c(C(F)(F)F)[nH]c1=O. The third-order valence-corrected chi connectivity index (χ3v) is 4.78. The van der Waals surface area contributed by atoms with Gasteiger partial charge in [-0.2, -0.15) is 13.2 Å². The highest BCUT2D eigenvalue weighted by Gasteiger charge is 2.36. The number of alkyl halides is 3. The molecule has 0 saturated carbocycles. The fourth-order valence-electron chi connectivity index (χ4n) is 3.25. The zero-order valence-corrected chi connectivity index (χ0v) is 15.9. The average molecular weight is 427 g/mol.